The Labute approximate surface area is 174 Å². The Balaban J connectivity index is 1.89. The van der Waals surface area contributed by atoms with Crippen molar-refractivity contribution in [1.82, 2.24) is 0 Å². The van der Waals surface area contributed by atoms with Gasteiger partial charge in [-0.1, -0.05) is 30.3 Å². The first-order valence-electron chi connectivity index (χ1n) is 9.94. The third kappa shape index (κ3) is 4.95. The molecule has 0 aromatic heterocycles. The molecule has 1 aliphatic rings. The molecule has 3 rings (SSSR count). The minimum atomic E-state index is -3.08. The van der Waals surface area contributed by atoms with Crippen LogP contribution < -0.4 is 15.5 Å². The number of benzene rings is 2. The molecule has 1 heterocycles. The van der Waals surface area contributed by atoms with Crippen LogP contribution in [0.25, 0.3) is 0 Å². The second-order valence-electron chi connectivity index (χ2n) is 8.39. The third-order valence-electron chi connectivity index (χ3n) is 5.54. The molecule has 2 aromatic rings. The van der Waals surface area contributed by atoms with E-state index in [2.05, 4.69) is 0 Å². The largest absolute Gasteiger partial charge is 0.494 e. The summed E-state index contributed by atoms with van der Waals surface area (Å²) in [5.41, 5.74) is 0.829. The molecule has 1 atom stereocenters. The summed E-state index contributed by atoms with van der Waals surface area (Å²) in [5, 5.41) is 0.587. The zero-order valence-electron chi connectivity index (χ0n) is 18.1. The van der Waals surface area contributed by atoms with E-state index in [1.54, 1.807) is 12.7 Å². The summed E-state index contributed by atoms with van der Waals surface area (Å²) in [4.78, 5) is 0. The van der Waals surface area contributed by atoms with Gasteiger partial charge in [-0.25, -0.2) is 0 Å². The second kappa shape index (κ2) is 8.27. The molecule has 2 aromatic carbocycles. The second-order valence-corrected chi connectivity index (χ2v) is 10.9. The lowest BCUT2D eigenvalue weighted by Crippen LogP contribution is -2.41. The number of hydrogen-bond donors (Lipinski definition) is 0. The average Bonchev–Trinajstić information content (AvgIpc) is 2.88. The highest BCUT2D eigenvalue weighted by Crippen LogP contribution is 2.43. The first-order valence-corrected chi connectivity index (χ1v) is 12.0. The minimum absolute atomic E-state index is 0.277. The van der Waals surface area contributed by atoms with Crippen molar-refractivity contribution in [3.8, 4) is 5.75 Å². The summed E-state index contributed by atoms with van der Waals surface area (Å²) in [6, 6.07) is 15.2. The lowest BCUT2D eigenvalue weighted by atomic mass is 9.79. The Morgan fingerprint density at radius 3 is 2.21 bits per heavy atom. The maximum absolute atomic E-state index is 13.4. The highest BCUT2D eigenvalue weighted by Gasteiger charge is 2.52. The van der Waals surface area contributed by atoms with Gasteiger partial charge in [-0.05, 0) is 63.8 Å². The van der Waals surface area contributed by atoms with Gasteiger partial charge in [0, 0.05) is 12.0 Å². The lowest BCUT2D eigenvalue weighted by Gasteiger charge is -2.32. The predicted octanol–water partition coefficient (Wildman–Crippen LogP) is 4.13. The standard InChI is InChI=1S/C22H30BO5P/c1-7-25-19-13-18(23-27-21(2,3)22(4,5)28-23)14-20(15-19)29(6,24)26-16-17-11-9-8-10-12-17/h8-15H,7,16H2,1-6H3. The van der Waals surface area contributed by atoms with Crippen molar-refractivity contribution in [3.63, 3.8) is 0 Å². The molecule has 156 valence electrons. The van der Waals surface area contributed by atoms with Crippen LogP contribution in [0, 0.1) is 0 Å². The van der Waals surface area contributed by atoms with Crippen molar-refractivity contribution in [3.05, 3.63) is 54.1 Å². The highest BCUT2D eigenvalue weighted by molar-refractivity contribution is 7.66. The molecule has 0 N–H and O–H groups in total. The van der Waals surface area contributed by atoms with Crippen LogP contribution in [0.5, 0.6) is 5.75 Å². The van der Waals surface area contributed by atoms with Crippen molar-refractivity contribution in [1.29, 1.82) is 0 Å². The van der Waals surface area contributed by atoms with Crippen LogP contribution in [0.4, 0.5) is 0 Å². The zero-order chi connectivity index (χ0) is 21.3. The van der Waals surface area contributed by atoms with Crippen LogP contribution in [0.1, 0.15) is 40.2 Å². The highest BCUT2D eigenvalue weighted by atomic mass is 31.2. The topological polar surface area (TPSA) is 54.0 Å². The number of hydrogen-bond acceptors (Lipinski definition) is 5. The molecule has 5 nitrogen and oxygen atoms in total. The minimum Gasteiger partial charge on any atom is -0.494 e. The van der Waals surface area contributed by atoms with Crippen LogP contribution in [0.3, 0.4) is 0 Å². The molecule has 1 saturated heterocycles. The van der Waals surface area contributed by atoms with Gasteiger partial charge in [-0.15, -0.1) is 0 Å². The average molecular weight is 416 g/mol. The summed E-state index contributed by atoms with van der Waals surface area (Å²) in [5.74, 6) is 0.625. The molecule has 0 spiro atoms. The summed E-state index contributed by atoms with van der Waals surface area (Å²) >= 11 is 0. The molecule has 1 fully saturated rings. The normalized spacial score (nSPS) is 19.7. The van der Waals surface area contributed by atoms with E-state index in [1.807, 2.05) is 77.1 Å². The summed E-state index contributed by atoms with van der Waals surface area (Å²) in [6.07, 6.45) is 0. The molecule has 0 bridgehead atoms. The van der Waals surface area contributed by atoms with Gasteiger partial charge < -0.3 is 18.6 Å². The van der Waals surface area contributed by atoms with Gasteiger partial charge in [0.15, 0.2) is 0 Å². The molecule has 29 heavy (non-hydrogen) atoms. The van der Waals surface area contributed by atoms with E-state index in [0.717, 1.165) is 11.0 Å². The SMILES string of the molecule is CCOc1cc(B2OC(C)(C)C(C)(C)O2)cc(P(C)(=O)OCc2ccccc2)c1. The fraction of sp³-hybridized carbons (Fsp3) is 0.455. The Morgan fingerprint density at radius 2 is 1.62 bits per heavy atom. The molecule has 7 heteroatoms. The van der Waals surface area contributed by atoms with E-state index in [9.17, 15) is 4.57 Å². The Morgan fingerprint density at radius 1 is 1.00 bits per heavy atom. The molecular formula is C22H30BO5P. The maximum atomic E-state index is 13.4. The molecule has 0 amide bonds. The van der Waals surface area contributed by atoms with Gasteiger partial charge in [0.25, 0.3) is 0 Å². The van der Waals surface area contributed by atoms with Gasteiger partial charge in [0.1, 0.15) is 5.75 Å². The maximum Gasteiger partial charge on any atom is 0.494 e. The van der Waals surface area contributed by atoms with Crippen molar-refractivity contribution in [2.45, 2.75) is 52.4 Å². The summed E-state index contributed by atoms with van der Waals surface area (Å²) < 4.78 is 37.3. The van der Waals surface area contributed by atoms with E-state index in [4.69, 9.17) is 18.6 Å². The number of rotatable bonds is 7. The fourth-order valence-corrected chi connectivity index (χ4v) is 4.34. The van der Waals surface area contributed by atoms with Gasteiger partial charge in [0.2, 0.25) is 7.37 Å². The molecule has 0 radical (unpaired) electrons. The van der Waals surface area contributed by atoms with Crippen LogP contribution >= 0.6 is 7.37 Å². The monoisotopic (exact) mass is 416 g/mol. The quantitative estimate of drug-likeness (QED) is 0.502. The summed E-state index contributed by atoms with van der Waals surface area (Å²) in [7, 11) is -3.65. The van der Waals surface area contributed by atoms with Gasteiger partial charge >= 0.3 is 7.12 Å². The van der Waals surface area contributed by atoms with Crippen LogP contribution in [0.2, 0.25) is 0 Å². The van der Waals surface area contributed by atoms with E-state index >= 15 is 0 Å². The molecule has 0 saturated carbocycles. The molecule has 0 aliphatic carbocycles. The lowest BCUT2D eigenvalue weighted by molar-refractivity contribution is 0.00578. The van der Waals surface area contributed by atoms with E-state index in [0.29, 0.717) is 17.7 Å². The van der Waals surface area contributed by atoms with Crippen LogP contribution in [-0.2, 0) is 25.0 Å². The molecular weight excluding hydrogens is 386 g/mol. The van der Waals surface area contributed by atoms with Crippen molar-refractivity contribution in [2.75, 3.05) is 13.3 Å². The van der Waals surface area contributed by atoms with Gasteiger partial charge in [0.05, 0.1) is 24.4 Å². The van der Waals surface area contributed by atoms with E-state index < -0.39 is 25.7 Å². The third-order valence-corrected chi connectivity index (χ3v) is 7.36. The smallest absolute Gasteiger partial charge is 0.494 e. The molecule has 1 unspecified atom stereocenters. The van der Waals surface area contributed by atoms with Gasteiger partial charge in [-0.2, -0.15) is 0 Å². The Hall–Kier alpha value is -1.59. The zero-order valence-corrected chi connectivity index (χ0v) is 19.0. The predicted molar refractivity (Wildman–Crippen MR) is 118 cm³/mol. The van der Waals surface area contributed by atoms with Crippen molar-refractivity contribution >= 4 is 25.3 Å². The van der Waals surface area contributed by atoms with Crippen molar-refractivity contribution in [2.24, 2.45) is 0 Å². The van der Waals surface area contributed by atoms with Crippen LogP contribution in [0.15, 0.2) is 48.5 Å². The first kappa shape index (κ1) is 22.1. The van der Waals surface area contributed by atoms with Crippen LogP contribution in [-0.4, -0.2) is 31.6 Å². The van der Waals surface area contributed by atoms with E-state index in [-0.39, 0.29) is 6.61 Å². The Kier molecular flexibility index (Phi) is 6.31. The first-order chi connectivity index (χ1) is 13.5. The van der Waals surface area contributed by atoms with E-state index in [1.165, 1.54) is 0 Å². The summed E-state index contributed by atoms with van der Waals surface area (Å²) in [6.45, 7) is 12.4. The fourth-order valence-electron chi connectivity index (χ4n) is 3.05. The van der Waals surface area contributed by atoms with Crippen molar-refractivity contribution < 1.29 is 23.1 Å². The van der Waals surface area contributed by atoms with Gasteiger partial charge in [-0.3, -0.25) is 4.57 Å². The number of ether oxygens (including phenoxy) is 1. The Bertz CT molecular complexity index is 881. The molecule has 1 aliphatic heterocycles.